The summed E-state index contributed by atoms with van der Waals surface area (Å²) in [5, 5.41) is 14.1. The van der Waals surface area contributed by atoms with Gasteiger partial charge in [-0.1, -0.05) is 13.8 Å². The predicted molar refractivity (Wildman–Crippen MR) is 82.5 cm³/mol. The van der Waals surface area contributed by atoms with E-state index >= 15 is 0 Å². The molecule has 0 aromatic carbocycles. The van der Waals surface area contributed by atoms with Crippen molar-refractivity contribution in [2.24, 2.45) is 11.8 Å². The number of urea groups is 1. The molecule has 26 heavy (non-hydrogen) atoms. The van der Waals surface area contributed by atoms with Crippen LogP contribution in [0.4, 0.5) is 14.0 Å². The van der Waals surface area contributed by atoms with Crippen molar-refractivity contribution in [1.82, 2.24) is 10.2 Å². The van der Waals surface area contributed by atoms with Crippen molar-refractivity contribution in [2.75, 3.05) is 6.61 Å². The fourth-order valence-electron chi connectivity index (χ4n) is 2.19. The van der Waals surface area contributed by atoms with Crippen LogP contribution in [-0.2, 0) is 14.3 Å². The Morgan fingerprint density at radius 3 is 2.73 bits per heavy atom. The number of amides is 4. The third kappa shape index (κ3) is 4.05. The lowest BCUT2D eigenvalue weighted by Gasteiger charge is -2.33. The van der Waals surface area contributed by atoms with E-state index < -0.39 is 36.2 Å². The van der Waals surface area contributed by atoms with Crippen molar-refractivity contribution in [1.29, 1.82) is 0 Å². The van der Waals surface area contributed by atoms with Crippen molar-refractivity contribution >= 4 is 30.3 Å². The van der Waals surface area contributed by atoms with E-state index in [2.05, 4.69) is 0 Å². The number of hydroxylamine groups is 1. The molecule has 1 saturated heterocycles. The van der Waals surface area contributed by atoms with Gasteiger partial charge in [0.2, 0.25) is 12.1 Å². The summed E-state index contributed by atoms with van der Waals surface area (Å²) < 4.78 is 23.1. The number of nitrogens with one attached hydrogen (secondary N) is 1. The Balaban J connectivity index is 2.43. The zero-order chi connectivity index (χ0) is 19.4. The Bertz CT molecular complexity index is 744. The molecule has 2 heterocycles. The number of nitrogens with zero attached hydrogens (tertiary/aromatic N) is 2. The molecular weight excluding hydrogens is 353 g/mol. The monoisotopic (exact) mass is 369 g/mol. The Kier molecular flexibility index (Phi) is 5.70. The largest absolute Gasteiger partial charge is 0.622 e. The van der Waals surface area contributed by atoms with Gasteiger partial charge in [-0.3, -0.25) is 14.9 Å². The molecule has 2 atom stereocenters. The molecule has 1 N–H and O–H groups in total. The zero-order valence-electron chi connectivity index (χ0n) is 13.9. The summed E-state index contributed by atoms with van der Waals surface area (Å²) in [6, 6.07) is -0.677. The van der Waals surface area contributed by atoms with Crippen molar-refractivity contribution in [3.8, 4) is 0 Å². The molecule has 11 heteroatoms. The average Bonchev–Trinajstić information content (AvgIpc) is 3.04. The van der Waals surface area contributed by atoms with Gasteiger partial charge in [0.1, 0.15) is 0 Å². The minimum atomic E-state index is -2.23. The smallest absolute Gasteiger partial charge is 0.423 e. The third-order valence-corrected chi connectivity index (χ3v) is 3.33. The first-order valence-electron chi connectivity index (χ1n) is 7.56. The number of ether oxygens (including phenoxy) is 1. The predicted octanol–water partition coefficient (Wildman–Crippen LogP) is 0.992. The molecule has 2 unspecified atom stereocenters. The standard InChI is InChI=1S/C15H16FN3O7/c1-8(2)7-26-15(23)19-13(18(24)6-9-4-3-5-25-9)10(11(16)20)12(21)17-14(19)22/h3-6,8,10,13H,7H2,1-2H3,(H,17,21,22). The van der Waals surface area contributed by atoms with Gasteiger partial charge in [0.05, 0.1) is 12.9 Å². The summed E-state index contributed by atoms with van der Waals surface area (Å²) in [5.41, 5.74) is 0. The van der Waals surface area contributed by atoms with Crippen molar-refractivity contribution in [3.63, 3.8) is 0 Å². The lowest BCUT2D eigenvalue weighted by Crippen LogP contribution is -2.66. The van der Waals surface area contributed by atoms with E-state index in [1.807, 2.05) is 0 Å². The number of imide groups is 2. The first kappa shape index (κ1) is 19.1. The van der Waals surface area contributed by atoms with E-state index in [1.54, 1.807) is 19.2 Å². The summed E-state index contributed by atoms with van der Waals surface area (Å²) >= 11 is 0. The van der Waals surface area contributed by atoms with Crippen molar-refractivity contribution in [3.05, 3.63) is 29.4 Å². The number of carbonyl (C=O) groups excluding carboxylic acids is 4. The maximum Gasteiger partial charge on any atom is 0.423 e. The fourth-order valence-corrected chi connectivity index (χ4v) is 2.19. The van der Waals surface area contributed by atoms with Gasteiger partial charge in [-0.15, -0.1) is 0 Å². The van der Waals surface area contributed by atoms with Gasteiger partial charge in [-0.25, -0.2) is 9.59 Å². The van der Waals surface area contributed by atoms with Crippen molar-refractivity contribution in [2.45, 2.75) is 20.0 Å². The van der Waals surface area contributed by atoms with E-state index in [9.17, 15) is 28.8 Å². The van der Waals surface area contributed by atoms with Crippen LogP contribution in [0.2, 0.25) is 0 Å². The summed E-state index contributed by atoms with van der Waals surface area (Å²) in [5.74, 6) is -3.67. The first-order chi connectivity index (χ1) is 12.2. The van der Waals surface area contributed by atoms with Crippen LogP contribution in [0.1, 0.15) is 19.6 Å². The second kappa shape index (κ2) is 7.76. The highest BCUT2D eigenvalue weighted by Crippen LogP contribution is 2.21. The molecular formula is C15H16FN3O7. The molecule has 140 valence electrons. The van der Waals surface area contributed by atoms with Crippen LogP contribution >= 0.6 is 0 Å². The van der Waals surface area contributed by atoms with Gasteiger partial charge in [0.25, 0.3) is 12.1 Å². The molecule has 1 aliphatic heterocycles. The second-order valence-electron chi connectivity index (χ2n) is 5.83. The SMILES string of the molecule is CC(C)COC(=O)N1C(=O)NC(=O)C(C(=O)F)C1[N+]([O-])=Cc1ccco1. The maximum absolute atomic E-state index is 13.4. The van der Waals surface area contributed by atoms with Crippen LogP contribution in [0.15, 0.2) is 22.8 Å². The average molecular weight is 369 g/mol. The highest BCUT2D eigenvalue weighted by molar-refractivity contribution is 6.10. The molecule has 4 amide bonds. The number of carbonyl (C=O) groups is 4. The molecule has 0 bridgehead atoms. The van der Waals surface area contributed by atoms with E-state index in [-0.39, 0.29) is 27.9 Å². The van der Waals surface area contributed by atoms with Gasteiger partial charge >= 0.3 is 18.2 Å². The van der Waals surface area contributed by atoms with E-state index in [0.29, 0.717) is 0 Å². The highest BCUT2D eigenvalue weighted by Gasteiger charge is 2.54. The van der Waals surface area contributed by atoms with Crippen LogP contribution < -0.4 is 5.32 Å². The van der Waals surface area contributed by atoms with Crippen LogP contribution in [-0.4, -0.2) is 52.7 Å². The van der Waals surface area contributed by atoms with Crippen LogP contribution in [0.25, 0.3) is 0 Å². The third-order valence-electron chi connectivity index (χ3n) is 3.33. The lowest BCUT2D eigenvalue weighted by molar-refractivity contribution is -0.523. The quantitative estimate of drug-likeness (QED) is 0.204. The number of hydrogen-bond acceptors (Lipinski definition) is 7. The molecule has 2 rings (SSSR count). The number of halogens is 1. The molecule has 1 aromatic rings. The Morgan fingerprint density at radius 1 is 1.50 bits per heavy atom. The van der Waals surface area contributed by atoms with E-state index in [1.165, 1.54) is 18.4 Å². The zero-order valence-corrected chi connectivity index (χ0v) is 13.9. The van der Waals surface area contributed by atoms with Gasteiger partial charge < -0.3 is 14.4 Å². The molecule has 1 fully saturated rings. The number of hydrogen-bond donors (Lipinski definition) is 1. The number of furan rings is 1. The lowest BCUT2D eigenvalue weighted by atomic mass is 10.0. The summed E-state index contributed by atoms with van der Waals surface area (Å²) in [4.78, 5) is 47.5. The van der Waals surface area contributed by atoms with E-state index in [4.69, 9.17) is 9.15 Å². The minimum absolute atomic E-state index is 0.000939. The Hall–Kier alpha value is -3.24. The minimum Gasteiger partial charge on any atom is -0.622 e. The Morgan fingerprint density at radius 2 is 2.19 bits per heavy atom. The van der Waals surface area contributed by atoms with Crippen molar-refractivity contribution < 1.29 is 37.5 Å². The van der Waals surface area contributed by atoms with Gasteiger partial charge in [-0.05, 0) is 18.1 Å². The van der Waals surface area contributed by atoms with Crippen LogP contribution in [0.5, 0.6) is 0 Å². The fraction of sp³-hybridized carbons (Fsp3) is 0.400. The molecule has 0 spiro atoms. The molecule has 0 radical (unpaired) electrons. The van der Waals surface area contributed by atoms with Gasteiger partial charge in [-0.2, -0.15) is 14.0 Å². The molecule has 1 aromatic heterocycles. The summed E-state index contributed by atoms with van der Waals surface area (Å²) in [6.45, 7) is 3.35. The van der Waals surface area contributed by atoms with Crippen LogP contribution in [0.3, 0.4) is 0 Å². The highest BCUT2D eigenvalue weighted by atomic mass is 19.1. The molecule has 0 aliphatic carbocycles. The molecule has 1 aliphatic rings. The summed E-state index contributed by atoms with van der Waals surface area (Å²) in [6.07, 6.45) is -1.38. The van der Waals surface area contributed by atoms with Gasteiger partial charge in [0.15, 0.2) is 5.76 Å². The van der Waals surface area contributed by atoms with E-state index in [0.717, 1.165) is 6.21 Å². The maximum atomic E-state index is 13.4. The number of rotatable bonds is 5. The summed E-state index contributed by atoms with van der Waals surface area (Å²) in [7, 11) is 0. The normalized spacial score (nSPS) is 20.9. The van der Waals surface area contributed by atoms with Crippen LogP contribution in [0, 0.1) is 17.0 Å². The second-order valence-corrected chi connectivity index (χ2v) is 5.83. The topological polar surface area (TPSA) is 132 Å². The first-order valence-corrected chi connectivity index (χ1v) is 7.56. The Labute approximate surface area is 146 Å². The molecule has 10 nitrogen and oxygen atoms in total. The van der Waals surface area contributed by atoms with Gasteiger partial charge in [0, 0.05) is 0 Å². The molecule has 0 saturated carbocycles.